The number of hydrogen-bond donors (Lipinski definition) is 0. The minimum atomic E-state index is 0.865. The van der Waals surface area contributed by atoms with Crippen molar-refractivity contribution in [3.05, 3.63) is 316 Å². The first-order chi connectivity index (χ1) is 47.6. The summed E-state index contributed by atoms with van der Waals surface area (Å²) in [6, 6.07) is 96.1. The second-order valence-electron chi connectivity index (χ2n) is 24.3. The zero-order chi connectivity index (χ0) is 63.2. The largest absolute Gasteiger partial charge is 0.309 e. The first kappa shape index (κ1) is 54.5. The lowest BCUT2D eigenvalue weighted by atomic mass is 9.95. The summed E-state index contributed by atoms with van der Waals surface area (Å²) in [4.78, 5) is 37.5. The van der Waals surface area contributed by atoms with Crippen LogP contribution in [0, 0.1) is 0 Å². The third-order valence-electron chi connectivity index (χ3n) is 18.9. The van der Waals surface area contributed by atoms with Crippen molar-refractivity contribution in [2.24, 2.45) is 0 Å². The molecule has 0 amide bonds. The fourth-order valence-electron chi connectivity index (χ4n) is 14.4. The van der Waals surface area contributed by atoms with E-state index in [2.05, 4.69) is 247 Å². The van der Waals surface area contributed by atoms with E-state index >= 15 is 0 Å². The third-order valence-corrected chi connectivity index (χ3v) is 18.9. The van der Waals surface area contributed by atoms with Gasteiger partial charge in [-0.3, -0.25) is 39.9 Å². The van der Waals surface area contributed by atoms with Crippen LogP contribution in [-0.4, -0.2) is 49.0 Å². The topological polar surface area (TPSA) is 113 Å². The number of aromatic nitrogens is 10. The maximum atomic E-state index is 4.76. The number of benzene rings is 9. The smallest absolute Gasteiger partial charge is 0.0964 e. The summed E-state index contributed by atoms with van der Waals surface area (Å²) < 4.78 is 4.98. The van der Waals surface area contributed by atoms with Crippen molar-refractivity contribution in [2.75, 3.05) is 0 Å². The van der Waals surface area contributed by atoms with E-state index in [9.17, 15) is 0 Å². The molecule has 10 heterocycles. The minimum Gasteiger partial charge on any atom is -0.309 e. The third kappa shape index (κ3) is 9.10. The molecule has 0 N–H and O–H groups in total. The van der Waals surface area contributed by atoms with Crippen LogP contribution in [0.1, 0.15) is 0 Å². The molecule has 0 saturated heterocycles. The minimum absolute atomic E-state index is 0.865. The molecule has 0 unspecified atom stereocenters. The maximum Gasteiger partial charge on any atom is 0.0964 e. The van der Waals surface area contributed by atoms with Crippen molar-refractivity contribution >= 4 is 87.7 Å². The van der Waals surface area contributed by atoms with Gasteiger partial charge in [-0.1, -0.05) is 140 Å². The van der Waals surface area contributed by atoms with Gasteiger partial charge in [0.05, 0.1) is 66.2 Å². The molecule has 96 heavy (non-hydrogen) atoms. The van der Waals surface area contributed by atoms with Gasteiger partial charge in [-0.05, 0) is 194 Å². The van der Waals surface area contributed by atoms with Gasteiger partial charge in [-0.15, -0.1) is 0 Å². The average molecular weight is 1230 g/mol. The second kappa shape index (κ2) is 22.3. The summed E-state index contributed by atoms with van der Waals surface area (Å²) in [5.41, 5.74) is 30.7. The zero-order valence-electron chi connectivity index (χ0n) is 51.5. The molecular formula is C86H52N10. The van der Waals surface area contributed by atoms with Crippen LogP contribution in [0.4, 0.5) is 0 Å². The Kier molecular flexibility index (Phi) is 12.7. The Morgan fingerprint density at radius 2 is 0.521 bits per heavy atom. The summed E-state index contributed by atoms with van der Waals surface area (Å²) in [7, 11) is 0. The van der Waals surface area contributed by atoms with E-state index in [0.717, 1.165) is 177 Å². The predicted octanol–water partition coefficient (Wildman–Crippen LogP) is 21.0. The van der Waals surface area contributed by atoms with Crippen molar-refractivity contribution in [3.63, 3.8) is 0 Å². The number of nitrogens with zero attached hydrogens (tertiary/aromatic N) is 10. The fraction of sp³-hybridized carbons (Fsp3) is 0. The van der Waals surface area contributed by atoms with Crippen LogP contribution in [0.2, 0.25) is 0 Å². The van der Waals surface area contributed by atoms with Gasteiger partial charge in [0, 0.05) is 105 Å². The number of pyridine rings is 8. The summed E-state index contributed by atoms with van der Waals surface area (Å²) in [5, 5.41) is 4.65. The molecule has 0 saturated carbocycles. The van der Waals surface area contributed by atoms with Crippen molar-refractivity contribution in [1.29, 1.82) is 0 Å². The van der Waals surface area contributed by atoms with Gasteiger partial charge in [0.25, 0.3) is 0 Å². The van der Waals surface area contributed by atoms with Gasteiger partial charge in [0.2, 0.25) is 0 Å². The van der Waals surface area contributed by atoms with Gasteiger partial charge in [-0.2, -0.15) is 0 Å². The second-order valence-corrected chi connectivity index (χ2v) is 24.3. The average Bonchev–Trinajstić information content (AvgIpc) is 1.54. The highest BCUT2D eigenvalue weighted by atomic mass is 15.0. The lowest BCUT2D eigenvalue weighted by molar-refractivity contribution is 1.17. The highest BCUT2D eigenvalue weighted by Crippen LogP contribution is 2.45. The normalized spacial score (nSPS) is 11.8. The molecule has 10 heteroatoms. The molecule has 0 aliphatic rings. The molecule has 10 nitrogen and oxygen atoms in total. The lowest BCUT2D eigenvalue weighted by Gasteiger charge is -2.16. The molecule has 0 bridgehead atoms. The SMILES string of the molecule is c1cnc2c(-c3ccc(-c4cc(-c5ccc(-c6ccnc7cccnc67)cc5)cc(-n5c6ccccc6c6c5ccc5c7ccccc7n(-c7cc(-c8ccc(-c9ccnc%10cccnc9%10)cc8)cc(-c8ccc(-c9ccnc%10cccnc9%10)cc8)c7)c56)c4)cc3)ccnc2c1. The summed E-state index contributed by atoms with van der Waals surface area (Å²) in [6.45, 7) is 0. The van der Waals surface area contributed by atoms with Crippen molar-refractivity contribution in [2.45, 2.75) is 0 Å². The van der Waals surface area contributed by atoms with E-state index in [0.29, 0.717) is 0 Å². The van der Waals surface area contributed by atoms with E-state index < -0.39 is 0 Å². The van der Waals surface area contributed by atoms with Crippen LogP contribution in [0.5, 0.6) is 0 Å². The Hall–Kier alpha value is -13.2. The number of para-hydroxylation sites is 2. The molecular weight excluding hydrogens is 1170 g/mol. The van der Waals surface area contributed by atoms with Gasteiger partial charge in [-0.25, -0.2) is 0 Å². The predicted molar refractivity (Wildman–Crippen MR) is 391 cm³/mol. The molecule has 0 aliphatic heterocycles. The van der Waals surface area contributed by atoms with Crippen molar-refractivity contribution < 1.29 is 0 Å². The highest BCUT2D eigenvalue weighted by molar-refractivity contribution is 6.26. The lowest BCUT2D eigenvalue weighted by Crippen LogP contribution is -1.98. The van der Waals surface area contributed by atoms with E-state index in [-0.39, 0.29) is 0 Å². The van der Waals surface area contributed by atoms with Crippen molar-refractivity contribution in [1.82, 2.24) is 49.0 Å². The van der Waals surface area contributed by atoms with E-state index in [1.807, 2.05) is 98.1 Å². The van der Waals surface area contributed by atoms with Gasteiger partial charge in [0.1, 0.15) is 0 Å². The molecule has 19 rings (SSSR count). The number of hydrogen-bond acceptors (Lipinski definition) is 8. The van der Waals surface area contributed by atoms with Crippen LogP contribution in [-0.2, 0) is 0 Å². The Morgan fingerprint density at radius 3 is 0.896 bits per heavy atom. The molecule has 9 aromatic carbocycles. The summed E-state index contributed by atoms with van der Waals surface area (Å²) in [5.74, 6) is 0. The van der Waals surface area contributed by atoms with E-state index in [1.165, 1.54) is 10.8 Å². The molecule has 446 valence electrons. The van der Waals surface area contributed by atoms with Crippen LogP contribution in [0.15, 0.2) is 316 Å². The summed E-state index contributed by atoms with van der Waals surface area (Å²) >= 11 is 0. The van der Waals surface area contributed by atoms with E-state index in [4.69, 9.17) is 19.9 Å². The first-order valence-corrected chi connectivity index (χ1v) is 32.1. The Morgan fingerprint density at radius 1 is 0.198 bits per heavy atom. The van der Waals surface area contributed by atoms with Crippen LogP contribution in [0.25, 0.3) is 188 Å². The Labute approximate surface area is 550 Å². The number of fused-ring (bicyclic) bond motifs is 11. The van der Waals surface area contributed by atoms with Crippen LogP contribution < -0.4 is 0 Å². The monoisotopic (exact) mass is 1220 g/mol. The Bertz CT molecular complexity index is 6010. The van der Waals surface area contributed by atoms with E-state index in [1.54, 1.807) is 0 Å². The van der Waals surface area contributed by atoms with Crippen LogP contribution in [0.3, 0.4) is 0 Å². The van der Waals surface area contributed by atoms with Crippen molar-refractivity contribution in [3.8, 4) is 100 Å². The highest BCUT2D eigenvalue weighted by Gasteiger charge is 2.23. The molecule has 0 radical (unpaired) electrons. The molecule has 0 atom stereocenters. The van der Waals surface area contributed by atoms with Gasteiger partial charge in [0.15, 0.2) is 0 Å². The zero-order valence-corrected chi connectivity index (χ0v) is 51.5. The van der Waals surface area contributed by atoms with Crippen LogP contribution >= 0.6 is 0 Å². The summed E-state index contributed by atoms with van der Waals surface area (Å²) in [6.07, 6.45) is 14.8. The Balaban J connectivity index is 0.809. The first-order valence-electron chi connectivity index (χ1n) is 32.1. The standard InChI is InChI=1S/C86H52N10/c1-3-15-78-71(9-1)72-33-34-80-81(86(72)96(78)66-51-63(55-21-29-59(30-22-55)69-37-45-89-76-13-7-41-93-84(69)76)48-64(52-66)56-23-31-60(32-24-56)70-38-46-90-77-14-8-42-94-85(70)77)73-10-2-4-16-79(73)95(80)65-49-61(53-17-25-57(26-18-53)67-35-43-87-74-11-5-39-91-82(67)74)47-62(50-65)54-19-27-58(28-20-54)68-36-44-88-75-12-6-40-92-83(68)75/h1-52H. The molecule has 10 aromatic heterocycles. The maximum absolute atomic E-state index is 4.76. The molecule has 0 spiro atoms. The number of rotatable bonds is 10. The molecule has 19 aromatic rings. The molecule has 0 fully saturated rings. The van der Waals surface area contributed by atoms with Gasteiger partial charge < -0.3 is 9.13 Å². The fourth-order valence-corrected chi connectivity index (χ4v) is 14.4. The molecule has 0 aliphatic carbocycles. The van der Waals surface area contributed by atoms with Gasteiger partial charge >= 0.3 is 0 Å². The quantitative estimate of drug-likeness (QED) is 0.133.